The van der Waals surface area contributed by atoms with Crippen LogP contribution in [0.3, 0.4) is 0 Å². The molecule has 0 aliphatic carbocycles. The van der Waals surface area contributed by atoms with E-state index in [1.807, 2.05) is 6.92 Å². The summed E-state index contributed by atoms with van der Waals surface area (Å²) in [5, 5.41) is 0. The zero-order valence-electron chi connectivity index (χ0n) is 19.3. The molecule has 0 radical (unpaired) electrons. The van der Waals surface area contributed by atoms with E-state index in [4.69, 9.17) is 23.7 Å². The van der Waals surface area contributed by atoms with Gasteiger partial charge in [-0.05, 0) is 86.1 Å². The lowest BCUT2D eigenvalue weighted by Gasteiger charge is -2.11. The highest BCUT2D eigenvalue weighted by atomic mass is 16.7. The Labute approximate surface area is 202 Å². The van der Waals surface area contributed by atoms with Crippen LogP contribution in [0.4, 0.5) is 0 Å². The number of ether oxygens (including phenoxy) is 5. The minimum atomic E-state index is -0.600. The molecule has 0 atom stereocenters. The van der Waals surface area contributed by atoms with Crippen LogP contribution in [0, 0.1) is 6.92 Å². The third kappa shape index (κ3) is 7.20. The average Bonchev–Trinajstić information content (AvgIpc) is 2.86. The topological polar surface area (TPSA) is 97.4 Å². The molecule has 0 unspecified atom stereocenters. The van der Waals surface area contributed by atoms with Gasteiger partial charge in [0, 0.05) is 6.08 Å². The Bertz CT molecular complexity index is 1200. The lowest BCUT2D eigenvalue weighted by molar-refractivity contribution is -0.144. The number of aryl methyl sites for hydroxylation is 1. The first kappa shape index (κ1) is 25.0. The highest BCUT2D eigenvalue weighted by Crippen LogP contribution is 2.25. The number of hydrogen-bond acceptors (Lipinski definition) is 8. The van der Waals surface area contributed by atoms with Gasteiger partial charge in [0.05, 0.1) is 17.7 Å². The van der Waals surface area contributed by atoms with Crippen LogP contribution >= 0.6 is 0 Å². The van der Waals surface area contributed by atoms with Gasteiger partial charge in [-0.25, -0.2) is 14.4 Å². The Morgan fingerprint density at radius 2 is 1.31 bits per heavy atom. The Hall–Kier alpha value is -4.59. The molecule has 0 amide bonds. The molecule has 0 aliphatic rings. The number of hydrogen-bond donors (Lipinski definition) is 0. The van der Waals surface area contributed by atoms with Gasteiger partial charge < -0.3 is 23.7 Å². The van der Waals surface area contributed by atoms with Gasteiger partial charge in [0.15, 0.2) is 0 Å². The van der Waals surface area contributed by atoms with Crippen LogP contribution in [0.15, 0.2) is 79.4 Å². The van der Waals surface area contributed by atoms with Crippen LogP contribution in [0.25, 0.3) is 0 Å². The largest absolute Gasteiger partial charge is 0.494 e. The number of benzene rings is 3. The monoisotopic (exact) mass is 476 g/mol. The number of esters is 3. The molecule has 3 rings (SSSR count). The quantitative estimate of drug-likeness (QED) is 0.176. The van der Waals surface area contributed by atoms with Crippen LogP contribution in [-0.4, -0.2) is 31.3 Å². The van der Waals surface area contributed by atoms with E-state index in [0.717, 1.165) is 6.08 Å². The molecule has 0 saturated carbocycles. The first-order valence-corrected chi connectivity index (χ1v) is 10.7. The van der Waals surface area contributed by atoms with Gasteiger partial charge in [0.25, 0.3) is 0 Å². The van der Waals surface area contributed by atoms with E-state index in [2.05, 4.69) is 6.58 Å². The van der Waals surface area contributed by atoms with Gasteiger partial charge in [-0.2, -0.15) is 0 Å². The van der Waals surface area contributed by atoms with E-state index in [0.29, 0.717) is 46.3 Å². The van der Waals surface area contributed by atoms with Gasteiger partial charge in [-0.15, -0.1) is 0 Å². The second kappa shape index (κ2) is 12.0. The Balaban J connectivity index is 1.57. The highest BCUT2D eigenvalue weighted by Gasteiger charge is 2.14. The lowest BCUT2D eigenvalue weighted by atomic mass is 10.2. The van der Waals surface area contributed by atoms with Crippen molar-refractivity contribution >= 4 is 17.9 Å². The second-order valence-electron chi connectivity index (χ2n) is 7.12. The van der Waals surface area contributed by atoms with Crippen molar-refractivity contribution in [2.75, 3.05) is 13.4 Å². The van der Waals surface area contributed by atoms with Crippen molar-refractivity contribution in [3.63, 3.8) is 0 Å². The van der Waals surface area contributed by atoms with Gasteiger partial charge in [-0.1, -0.05) is 6.58 Å². The summed E-state index contributed by atoms with van der Waals surface area (Å²) in [5.74, 6) is 0.0379. The fourth-order valence-electron chi connectivity index (χ4n) is 2.88. The van der Waals surface area contributed by atoms with E-state index in [1.165, 1.54) is 18.2 Å². The average molecular weight is 476 g/mol. The molecule has 0 N–H and O–H groups in total. The summed E-state index contributed by atoms with van der Waals surface area (Å²) in [7, 11) is 0. The predicted octanol–water partition coefficient (Wildman–Crippen LogP) is 4.90. The zero-order chi connectivity index (χ0) is 25.2. The van der Waals surface area contributed by atoms with Crippen LogP contribution in [0.5, 0.6) is 23.0 Å². The number of carbonyl (C=O) groups excluding carboxylic acids is 3. The molecule has 0 bridgehead atoms. The fraction of sp³-hybridized carbons (Fsp3) is 0.148. The maximum atomic E-state index is 12.5. The van der Waals surface area contributed by atoms with E-state index >= 15 is 0 Å². The van der Waals surface area contributed by atoms with E-state index in [-0.39, 0.29) is 6.79 Å². The Morgan fingerprint density at radius 3 is 1.86 bits per heavy atom. The SMILES string of the molecule is C=CC(=O)OCOc1ccc(C(=O)Oc2ccc(OC(=O)c3ccc(OCC)cc3)c(C)c2)cc1. The van der Waals surface area contributed by atoms with Crippen molar-refractivity contribution in [1.29, 1.82) is 0 Å². The Kier molecular flexibility index (Phi) is 8.61. The zero-order valence-corrected chi connectivity index (χ0v) is 19.3. The molecule has 35 heavy (non-hydrogen) atoms. The number of carbonyl (C=O) groups is 3. The van der Waals surface area contributed by atoms with Crippen molar-refractivity contribution < 1.29 is 38.1 Å². The maximum Gasteiger partial charge on any atom is 0.343 e. The third-order valence-electron chi connectivity index (χ3n) is 4.64. The summed E-state index contributed by atoms with van der Waals surface area (Å²) in [5.41, 5.74) is 1.30. The minimum Gasteiger partial charge on any atom is -0.494 e. The minimum absolute atomic E-state index is 0.274. The first-order valence-electron chi connectivity index (χ1n) is 10.7. The van der Waals surface area contributed by atoms with E-state index in [9.17, 15) is 14.4 Å². The van der Waals surface area contributed by atoms with Crippen molar-refractivity contribution in [2.45, 2.75) is 13.8 Å². The Morgan fingerprint density at radius 1 is 0.771 bits per heavy atom. The molecule has 0 aliphatic heterocycles. The predicted molar refractivity (Wildman–Crippen MR) is 127 cm³/mol. The first-order chi connectivity index (χ1) is 16.9. The molecule has 0 fully saturated rings. The molecule has 0 heterocycles. The summed E-state index contributed by atoms with van der Waals surface area (Å²) < 4.78 is 26.2. The molecule has 8 heteroatoms. The van der Waals surface area contributed by atoms with Crippen molar-refractivity contribution in [3.05, 3.63) is 96.1 Å². The second-order valence-corrected chi connectivity index (χ2v) is 7.12. The van der Waals surface area contributed by atoms with Crippen LogP contribution in [-0.2, 0) is 9.53 Å². The molecule has 180 valence electrons. The molecule has 0 aromatic heterocycles. The van der Waals surface area contributed by atoms with Crippen LogP contribution < -0.4 is 18.9 Å². The fourth-order valence-corrected chi connectivity index (χ4v) is 2.88. The molecule has 3 aromatic rings. The summed E-state index contributed by atoms with van der Waals surface area (Å²) in [6, 6.07) is 17.5. The standard InChI is InChI=1S/C27H24O8/c1-4-25(28)33-17-32-22-12-8-19(9-13-22)26(29)34-23-14-15-24(18(3)16-23)35-27(30)20-6-10-21(11-7-20)31-5-2/h4,6-16H,1,5,17H2,2-3H3. The molecule has 8 nitrogen and oxygen atoms in total. The van der Waals surface area contributed by atoms with E-state index in [1.54, 1.807) is 55.5 Å². The molecular formula is C27H24O8. The lowest BCUT2D eigenvalue weighted by Crippen LogP contribution is -2.11. The summed E-state index contributed by atoms with van der Waals surface area (Å²) >= 11 is 0. The highest BCUT2D eigenvalue weighted by molar-refractivity contribution is 5.92. The van der Waals surface area contributed by atoms with Gasteiger partial charge in [0.1, 0.15) is 23.0 Å². The molecule has 0 saturated heterocycles. The summed E-state index contributed by atoms with van der Waals surface area (Å²) in [6.07, 6.45) is 1.03. The van der Waals surface area contributed by atoms with Gasteiger partial charge in [0.2, 0.25) is 6.79 Å². The summed E-state index contributed by atoms with van der Waals surface area (Å²) in [6.45, 7) is 7.17. The molecular weight excluding hydrogens is 452 g/mol. The normalized spacial score (nSPS) is 10.1. The molecule has 0 spiro atoms. The maximum absolute atomic E-state index is 12.5. The van der Waals surface area contributed by atoms with Gasteiger partial charge in [-0.3, -0.25) is 0 Å². The van der Waals surface area contributed by atoms with Crippen molar-refractivity contribution in [3.8, 4) is 23.0 Å². The van der Waals surface area contributed by atoms with Crippen molar-refractivity contribution in [2.24, 2.45) is 0 Å². The smallest absolute Gasteiger partial charge is 0.343 e. The van der Waals surface area contributed by atoms with Crippen LogP contribution in [0.2, 0.25) is 0 Å². The van der Waals surface area contributed by atoms with E-state index < -0.39 is 17.9 Å². The van der Waals surface area contributed by atoms with Crippen molar-refractivity contribution in [1.82, 2.24) is 0 Å². The third-order valence-corrected chi connectivity index (χ3v) is 4.64. The van der Waals surface area contributed by atoms with Crippen LogP contribution in [0.1, 0.15) is 33.2 Å². The van der Waals surface area contributed by atoms with Gasteiger partial charge >= 0.3 is 17.9 Å². The summed E-state index contributed by atoms with van der Waals surface area (Å²) in [4.78, 5) is 35.9. The molecule has 3 aromatic carbocycles. The number of rotatable bonds is 10.